The number of hydrogen-bond donors (Lipinski definition) is 0. The molecule has 2 aromatic rings. The maximum atomic E-state index is 13.3. The summed E-state index contributed by atoms with van der Waals surface area (Å²) in [4.78, 5) is 46.9. The van der Waals surface area contributed by atoms with Crippen molar-refractivity contribution in [3.05, 3.63) is 48.0 Å². The average Bonchev–Trinajstić information content (AvgIpc) is 3.14. The molecule has 2 saturated heterocycles. The van der Waals surface area contributed by atoms with Crippen LogP contribution in [0.3, 0.4) is 0 Å². The van der Waals surface area contributed by atoms with Crippen LogP contribution in [0.25, 0.3) is 10.8 Å². The van der Waals surface area contributed by atoms with Crippen LogP contribution in [0.2, 0.25) is 0 Å². The van der Waals surface area contributed by atoms with E-state index in [4.69, 9.17) is 0 Å². The molecule has 0 unspecified atom stereocenters. The van der Waals surface area contributed by atoms with Crippen LogP contribution < -0.4 is 0 Å². The number of amides is 3. The molecule has 3 amide bonds. The molecule has 7 nitrogen and oxygen atoms in total. The molecule has 0 radical (unpaired) electrons. The van der Waals surface area contributed by atoms with Gasteiger partial charge in [-0.25, -0.2) is 0 Å². The first-order valence-electron chi connectivity index (χ1n) is 13.1. The summed E-state index contributed by atoms with van der Waals surface area (Å²) in [5, 5.41) is 2.05. The second-order valence-corrected chi connectivity index (χ2v) is 9.61. The molecule has 2 heterocycles. The molecule has 2 aliphatic rings. The van der Waals surface area contributed by atoms with E-state index in [1.807, 2.05) is 71.0 Å². The van der Waals surface area contributed by atoms with Crippen LogP contribution in [0.4, 0.5) is 0 Å². The van der Waals surface area contributed by atoms with E-state index in [0.717, 1.165) is 55.5 Å². The molecule has 0 aromatic heterocycles. The Morgan fingerprint density at radius 1 is 0.829 bits per heavy atom. The first-order chi connectivity index (χ1) is 17.0. The summed E-state index contributed by atoms with van der Waals surface area (Å²) >= 11 is 0. The Labute approximate surface area is 208 Å². The predicted molar refractivity (Wildman–Crippen MR) is 138 cm³/mol. The topological polar surface area (TPSA) is 64.2 Å². The number of carbonyl (C=O) groups is 3. The van der Waals surface area contributed by atoms with Gasteiger partial charge in [0.2, 0.25) is 11.8 Å². The molecule has 0 bridgehead atoms. The molecule has 0 saturated carbocycles. The zero-order valence-corrected chi connectivity index (χ0v) is 21.1. The Morgan fingerprint density at radius 3 is 2.29 bits per heavy atom. The fourth-order valence-electron chi connectivity index (χ4n) is 5.39. The number of nitrogens with zero attached hydrogens (tertiary/aromatic N) is 4. The van der Waals surface area contributed by atoms with E-state index in [2.05, 4.69) is 4.90 Å². The Balaban J connectivity index is 1.29. The van der Waals surface area contributed by atoms with Crippen LogP contribution in [-0.2, 0) is 9.59 Å². The highest BCUT2D eigenvalue weighted by Gasteiger charge is 2.32. The molecule has 35 heavy (non-hydrogen) atoms. The molecule has 2 fully saturated rings. The van der Waals surface area contributed by atoms with Crippen molar-refractivity contribution in [2.75, 3.05) is 58.9 Å². The molecular weight excluding hydrogens is 440 g/mol. The first kappa shape index (κ1) is 25.2. The summed E-state index contributed by atoms with van der Waals surface area (Å²) in [5.74, 6) is 0.392. The van der Waals surface area contributed by atoms with Gasteiger partial charge in [-0.3, -0.25) is 19.3 Å². The summed E-state index contributed by atoms with van der Waals surface area (Å²) in [6.07, 6.45) is 2.29. The van der Waals surface area contributed by atoms with E-state index in [-0.39, 0.29) is 23.6 Å². The lowest BCUT2D eigenvalue weighted by atomic mass is 9.94. The number of carbonyl (C=O) groups excluding carboxylic acids is 3. The maximum absolute atomic E-state index is 13.3. The van der Waals surface area contributed by atoms with Crippen molar-refractivity contribution in [2.45, 2.75) is 33.1 Å². The van der Waals surface area contributed by atoms with Gasteiger partial charge < -0.3 is 14.7 Å². The van der Waals surface area contributed by atoms with E-state index in [0.29, 0.717) is 39.0 Å². The third-order valence-corrected chi connectivity index (χ3v) is 7.53. The van der Waals surface area contributed by atoms with Crippen molar-refractivity contribution < 1.29 is 14.4 Å². The fourth-order valence-corrected chi connectivity index (χ4v) is 5.39. The summed E-state index contributed by atoms with van der Waals surface area (Å²) in [6.45, 7) is 10.1. The third kappa shape index (κ3) is 5.84. The molecule has 0 spiro atoms. The fraction of sp³-hybridized carbons (Fsp3) is 0.536. The molecule has 2 aliphatic heterocycles. The van der Waals surface area contributed by atoms with Crippen LogP contribution in [-0.4, -0.2) is 96.2 Å². The Morgan fingerprint density at radius 2 is 1.54 bits per heavy atom. The summed E-state index contributed by atoms with van der Waals surface area (Å²) < 4.78 is 0. The number of fused-ring (bicyclic) bond motifs is 1. The monoisotopic (exact) mass is 478 g/mol. The number of likely N-dealkylation sites (N-methyl/N-ethyl adjacent to an activating group) is 1. The number of hydrogen-bond acceptors (Lipinski definition) is 4. The number of piperidine rings is 1. The van der Waals surface area contributed by atoms with Crippen molar-refractivity contribution >= 4 is 28.5 Å². The minimum Gasteiger partial charge on any atom is -0.342 e. The van der Waals surface area contributed by atoms with Crippen molar-refractivity contribution in [3.63, 3.8) is 0 Å². The minimum atomic E-state index is -0.0320. The molecule has 188 valence electrons. The van der Waals surface area contributed by atoms with Gasteiger partial charge in [0, 0.05) is 63.8 Å². The second kappa shape index (κ2) is 11.7. The zero-order chi connectivity index (χ0) is 24.8. The molecule has 0 atom stereocenters. The summed E-state index contributed by atoms with van der Waals surface area (Å²) in [7, 11) is 0. The van der Waals surface area contributed by atoms with Gasteiger partial charge in [0.05, 0.1) is 6.54 Å². The molecule has 0 aliphatic carbocycles. The van der Waals surface area contributed by atoms with Crippen molar-refractivity contribution in [1.82, 2.24) is 19.6 Å². The SMILES string of the molecule is CCN(CC)C(=O)CN1CCCN(C(=O)C2CCN(C(=O)c3cccc4ccccc34)CC2)CC1. The summed E-state index contributed by atoms with van der Waals surface area (Å²) in [5.41, 5.74) is 0.736. The van der Waals surface area contributed by atoms with Crippen molar-refractivity contribution in [3.8, 4) is 0 Å². The van der Waals surface area contributed by atoms with E-state index in [1.165, 1.54) is 0 Å². The van der Waals surface area contributed by atoms with Gasteiger partial charge >= 0.3 is 0 Å². The largest absolute Gasteiger partial charge is 0.342 e. The maximum Gasteiger partial charge on any atom is 0.254 e. The van der Waals surface area contributed by atoms with E-state index >= 15 is 0 Å². The molecule has 2 aromatic carbocycles. The van der Waals surface area contributed by atoms with Crippen LogP contribution in [0, 0.1) is 5.92 Å². The van der Waals surface area contributed by atoms with Crippen LogP contribution in [0.15, 0.2) is 42.5 Å². The quantitative estimate of drug-likeness (QED) is 0.640. The first-order valence-corrected chi connectivity index (χ1v) is 13.1. The summed E-state index contributed by atoms with van der Waals surface area (Å²) in [6, 6.07) is 13.8. The lowest BCUT2D eigenvalue weighted by Crippen LogP contribution is -2.45. The average molecular weight is 479 g/mol. The van der Waals surface area contributed by atoms with Gasteiger partial charge in [-0.15, -0.1) is 0 Å². The van der Waals surface area contributed by atoms with E-state index < -0.39 is 0 Å². The van der Waals surface area contributed by atoms with Gasteiger partial charge in [-0.2, -0.15) is 0 Å². The number of rotatable bonds is 6. The van der Waals surface area contributed by atoms with Crippen LogP contribution in [0.1, 0.15) is 43.5 Å². The predicted octanol–water partition coefficient (Wildman–Crippen LogP) is 3.09. The number of likely N-dealkylation sites (tertiary alicyclic amines) is 1. The molecule has 7 heteroatoms. The van der Waals surface area contributed by atoms with E-state index in [1.54, 1.807) is 0 Å². The zero-order valence-electron chi connectivity index (χ0n) is 21.1. The smallest absolute Gasteiger partial charge is 0.254 e. The minimum absolute atomic E-state index is 0.0320. The third-order valence-electron chi connectivity index (χ3n) is 7.53. The highest BCUT2D eigenvalue weighted by atomic mass is 16.2. The van der Waals surface area contributed by atoms with Crippen LogP contribution >= 0.6 is 0 Å². The van der Waals surface area contributed by atoms with Gasteiger partial charge in [0.25, 0.3) is 5.91 Å². The second-order valence-electron chi connectivity index (χ2n) is 9.61. The Bertz CT molecular complexity index is 1040. The Kier molecular flexibility index (Phi) is 8.39. The van der Waals surface area contributed by atoms with Gasteiger partial charge in [-0.05, 0) is 49.9 Å². The van der Waals surface area contributed by atoms with Crippen molar-refractivity contribution in [1.29, 1.82) is 0 Å². The normalized spacial score (nSPS) is 17.9. The molecule has 4 rings (SSSR count). The van der Waals surface area contributed by atoms with Crippen LogP contribution in [0.5, 0.6) is 0 Å². The lowest BCUT2D eigenvalue weighted by Gasteiger charge is -2.34. The van der Waals surface area contributed by atoms with Gasteiger partial charge in [0.15, 0.2) is 0 Å². The van der Waals surface area contributed by atoms with E-state index in [9.17, 15) is 14.4 Å². The highest BCUT2D eigenvalue weighted by Crippen LogP contribution is 2.25. The molecular formula is C28H38N4O3. The molecule has 0 N–H and O–H groups in total. The van der Waals surface area contributed by atoms with Gasteiger partial charge in [0.1, 0.15) is 0 Å². The number of benzene rings is 2. The standard InChI is InChI=1S/C28H38N4O3/c1-3-30(4-2)26(33)21-29-15-8-16-31(20-19-29)27(34)23-13-17-32(18-14-23)28(35)25-12-7-10-22-9-5-6-11-24(22)25/h5-7,9-12,23H,3-4,8,13-21H2,1-2H3. The van der Waals surface area contributed by atoms with Gasteiger partial charge in [-0.1, -0.05) is 36.4 Å². The Hall–Kier alpha value is -2.93. The lowest BCUT2D eigenvalue weighted by molar-refractivity contribution is -0.136. The van der Waals surface area contributed by atoms with Crippen molar-refractivity contribution in [2.24, 2.45) is 5.92 Å². The highest BCUT2D eigenvalue weighted by molar-refractivity contribution is 6.07.